The number of aliphatic carboxylic acids is 1. The van der Waals surface area contributed by atoms with Crippen molar-refractivity contribution < 1.29 is 29.0 Å². The Morgan fingerprint density at radius 2 is 1.41 bits per heavy atom. The van der Waals surface area contributed by atoms with Gasteiger partial charge in [0.05, 0.1) is 11.8 Å². The molecule has 0 spiro atoms. The summed E-state index contributed by atoms with van der Waals surface area (Å²) in [7, 11) is 0. The van der Waals surface area contributed by atoms with Gasteiger partial charge in [-0.25, -0.2) is 0 Å². The smallest absolute Gasteiger partial charge is 0.321 e. The molecule has 174 valence electrons. The number of benzene rings is 2. The van der Waals surface area contributed by atoms with E-state index in [1.165, 1.54) is 0 Å². The summed E-state index contributed by atoms with van der Waals surface area (Å²) in [6.07, 6.45) is 0.0852. The van der Waals surface area contributed by atoms with Crippen LogP contribution < -0.4 is 11.9 Å². The molecule has 0 fully saturated rings. The SMILES string of the molecule is CC(C)(C)OC(=O)C(Cc1ccccc1)C(C(=O)OCc1ccccc1)C(N)C(=O)O.N. The minimum absolute atomic E-state index is 0. The minimum atomic E-state index is -1.63. The van der Waals surface area contributed by atoms with Crippen LogP contribution in [0.5, 0.6) is 0 Å². The summed E-state index contributed by atoms with van der Waals surface area (Å²) in [5.41, 5.74) is 6.54. The molecule has 2 aromatic carbocycles. The first kappa shape index (κ1) is 26.8. The van der Waals surface area contributed by atoms with E-state index in [4.69, 9.17) is 15.2 Å². The summed E-state index contributed by atoms with van der Waals surface area (Å²) in [4.78, 5) is 37.7. The number of nitrogens with two attached hydrogens (primary N) is 1. The molecule has 0 aliphatic rings. The molecule has 0 amide bonds. The first-order valence-electron chi connectivity index (χ1n) is 10.0. The molecule has 0 radical (unpaired) electrons. The van der Waals surface area contributed by atoms with Crippen molar-refractivity contribution >= 4 is 17.9 Å². The maximum atomic E-state index is 13.0. The lowest BCUT2D eigenvalue weighted by Gasteiger charge is -2.30. The topological polar surface area (TPSA) is 151 Å². The monoisotopic (exact) mass is 444 g/mol. The lowest BCUT2D eigenvalue weighted by Crippen LogP contribution is -2.50. The Labute approximate surface area is 188 Å². The van der Waals surface area contributed by atoms with Gasteiger partial charge in [0.25, 0.3) is 0 Å². The molecule has 0 aliphatic heterocycles. The molecule has 2 aromatic rings. The van der Waals surface area contributed by atoms with Crippen molar-refractivity contribution in [3.63, 3.8) is 0 Å². The lowest BCUT2D eigenvalue weighted by atomic mass is 9.82. The highest BCUT2D eigenvalue weighted by molar-refractivity contribution is 5.88. The molecule has 8 nitrogen and oxygen atoms in total. The van der Waals surface area contributed by atoms with Gasteiger partial charge < -0.3 is 26.5 Å². The zero-order valence-electron chi connectivity index (χ0n) is 18.7. The second-order valence-electron chi connectivity index (χ2n) is 8.31. The molecule has 0 aliphatic carbocycles. The van der Waals surface area contributed by atoms with Gasteiger partial charge in [-0.2, -0.15) is 0 Å². The van der Waals surface area contributed by atoms with E-state index in [1.807, 2.05) is 12.1 Å². The van der Waals surface area contributed by atoms with Gasteiger partial charge in [-0.1, -0.05) is 60.7 Å². The van der Waals surface area contributed by atoms with Crippen molar-refractivity contribution in [1.29, 1.82) is 0 Å². The molecule has 0 saturated carbocycles. The van der Waals surface area contributed by atoms with Gasteiger partial charge in [-0.3, -0.25) is 14.4 Å². The fraction of sp³-hybridized carbons (Fsp3) is 0.375. The Bertz CT molecular complexity index is 880. The van der Waals surface area contributed by atoms with Crippen LogP contribution in [-0.4, -0.2) is 34.7 Å². The molecular weight excluding hydrogens is 412 g/mol. The third-order valence-electron chi connectivity index (χ3n) is 4.61. The third-order valence-corrected chi connectivity index (χ3v) is 4.61. The van der Waals surface area contributed by atoms with Gasteiger partial charge in [0.2, 0.25) is 0 Å². The van der Waals surface area contributed by atoms with Crippen LogP contribution in [0.15, 0.2) is 60.7 Å². The highest BCUT2D eigenvalue weighted by Gasteiger charge is 2.44. The fourth-order valence-electron chi connectivity index (χ4n) is 3.14. The summed E-state index contributed by atoms with van der Waals surface area (Å²) in [5, 5.41) is 9.53. The average molecular weight is 445 g/mol. The third kappa shape index (κ3) is 8.13. The van der Waals surface area contributed by atoms with Gasteiger partial charge >= 0.3 is 17.9 Å². The Morgan fingerprint density at radius 1 is 0.906 bits per heavy atom. The van der Waals surface area contributed by atoms with Gasteiger partial charge in [-0.15, -0.1) is 0 Å². The van der Waals surface area contributed by atoms with Crippen LogP contribution in [0, 0.1) is 11.8 Å². The number of carbonyl (C=O) groups excluding carboxylic acids is 2. The summed E-state index contributed by atoms with van der Waals surface area (Å²) in [6, 6.07) is 16.3. The highest BCUT2D eigenvalue weighted by Crippen LogP contribution is 2.26. The fourth-order valence-corrected chi connectivity index (χ4v) is 3.14. The van der Waals surface area contributed by atoms with Crippen LogP contribution in [0.1, 0.15) is 31.9 Å². The maximum absolute atomic E-state index is 13.0. The van der Waals surface area contributed by atoms with Crippen molar-refractivity contribution in [2.75, 3.05) is 0 Å². The second-order valence-corrected chi connectivity index (χ2v) is 8.31. The summed E-state index contributed by atoms with van der Waals surface area (Å²) in [6.45, 7) is 5.04. The largest absolute Gasteiger partial charge is 0.480 e. The normalized spacial score (nSPS) is 13.8. The first-order chi connectivity index (χ1) is 14.6. The number of esters is 2. The number of carboxylic acid groups (broad SMARTS) is 1. The van der Waals surface area contributed by atoms with E-state index in [9.17, 15) is 19.5 Å². The number of hydrogen-bond acceptors (Lipinski definition) is 7. The molecule has 0 saturated heterocycles. The molecule has 6 N–H and O–H groups in total. The quantitative estimate of drug-likeness (QED) is 0.499. The number of ether oxygens (including phenoxy) is 2. The number of carboxylic acids is 1. The van der Waals surface area contributed by atoms with Gasteiger partial charge in [0.15, 0.2) is 0 Å². The van der Waals surface area contributed by atoms with Gasteiger partial charge in [0.1, 0.15) is 18.2 Å². The van der Waals surface area contributed by atoms with Crippen molar-refractivity contribution in [2.45, 2.75) is 45.4 Å². The summed E-state index contributed by atoms with van der Waals surface area (Å²) in [5.74, 6) is -5.50. The predicted molar refractivity (Wildman–Crippen MR) is 120 cm³/mol. The van der Waals surface area contributed by atoms with Crippen molar-refractivity contribution in [2.24, 2.45) is 17.6 Å². The van der Waals surface area contributed by atoms with Crippen LogP contribution in [0.25, 0.3) is 0 Å². The molecule has 3 atom stereocenters. The first-order valence-corrected chi connectivity index (χ1v) is 10.0. The molecule has 0 aromatic heterocycles. The standard InChI is InChI=1S/C24H29NO6.H3N/c1-24(2,3)31-22(28)18(14-16-10-6-4-7-11-16)19(20(25)21(26)27)23(29)30-15-17-12-8-5-9-13-17;/h4-13,18-20H,14-15,25H2,1-3H3,(H,26,27);1H3. The summed E-state index contributed by atoms with van der Waals surface area (Å²) < 4.78 is 10.9. The van der Waals surface area contributed by atoms with E-state index in [0.717, 1.165) is 11.1 Å². The van der Waals surface area contributed by atoms with E-state index < -0.39 is 41.4 Å². The van der Waals surface area contributed by atoms with Crippen LogP contribution in [-0.2, 0) is 36.9 Å². The number of rotatable bonds is 9. The Balaban J connectivity index is 0.00000512. The molecule has 2 rings (SSSR count). The van der Waals surface area contributed by atoms with E-state index in [2.05, 4.69) is 0 Å². The zero-order valence-corrected chi connectivity index (χ0v) is 18.7. The van der Waals surface area contributed by atoms with Crippen molar-refractivity contribution in [1.82, 2.24) is 6.15 Å². The van der Waals surface area contributed by atoms with E-state index in [-0.39, 0.29) is 19.2 Å². The van der Waals surface area contributed by atoms with Crippen LogP contribution >= 0.6 is 0 Å². The number of hydrogen-bond donors (Lipinski definition) is 3. The molecule has 32 heavy (non-hydrogen) atoms. The Morgan fingerprint density at radius 3 is 1.88 bits per heavy atom. The lowest BCUT2D eigenvalue weighted by molar-refractivity contribution is -0.171. The van der Waals surface area contributed by atoms with Crippen LogP contribution in [0.3, 0.4) is 0 Å². The minimum Gasteiger partial charge on any atom is -0.480 e. The van der Waals surface area contributed by atoms with E-state index >= 15 is 0 Å². The van der Waals surface area contributed by atoms with E-state index in [0.29, 0.717) is 0 Å². The van der Waals surface area contributed by atoms with Crippen LogP contribution in [0.4, 0.5) is 0 Å². The predicted octanol–water partition coefficient (Wildman–Crippen LogP) is 3.12. The Hall–Kier alpha value is -3.23. The van der Waals surface area contributed by atoms with Crippen LogP contribution in [0.2, 0.25) is 0 Å². The molecule has 0 bridgehead atoms. The van der Waals surface area contributed by atoms with Gasteiger partial charge in [0, 0.05) is 0 Å². The maximum Gasteiger partial charge on any atom is 0.321 e. The Kier molecular flexibility index (Phi) is 10.0. The number of carbonyl (C=O) groups is 3. The molecule has 0 heterocycles. The second kappa shape index (κ2) is 12.0. The molecule has 8 heteroatoms. The zero-order chi connectivity index (χ0) is 23.0. The van der Waals surface area contributed by atoms with Crippen molar-refractivity contribution in [3.05, 3.63) is 71.8 Å². The van der Waals surface area contributed by atoms with Crippen molar-refractivity contribution in [3.8, 4) is 0 Å². The summed E-state index contributed by atoms with van der Waals surface area (Å²) >= 11 is 0. The molecule has 3 unspecified atom stereocenters. The van der Waals surface area contributed by atoms with Gasteiger partial charge in [-0.05, 0) is 38.3 Å². The van der Waals surface area contributed by atoms with E-state index in [1.54, 1.807) is 69.3 Å². The molecular formula is C24H32N2O6. The highest BCUT2D eigenvalue weighted by atomic mass is 16.6. The average Bonchev–Trinajstić information content (AvgIpc) is 2.71.